The molecular weight excluding hydrogens is 416 g/mol. The van der Waals surface area contributed by atoms with Crippen molar-refractivity contribution in [2.45, 2.75) is 71.6 Å². The fourth-order valence-electron chi connectivity index (χ4n) is 2.82. The van der Waals surface area contributed by atoms with E-state index in [4.69, 9.17) is 0 Å². The number of nitro groups is 3. The molecule has 1 saturated heterocycles. The first-order chi connectivity index (χ1) is 14.8. The van der Waals surface area contributed by atoms with E-state index in [9.17, 15) is 35.3 Å². The monoisotopic (exact) mass is 450 g/mol. The first-order valence-electron chi connectivity index (χ1n) is 10.5. The highest BCUT2D eigenvalue weighted by Gasteiger charge is 2.31. The van der Waals surface area contributed by atoms with Crippen molar-refractivity contribution in [1.29, 1.82) is 0 Å². The van der Waals surface area contributed by atoms with Crippen LogP contribution in [0, 0.1) is 35.3 Å². The second kappa shape index (κ2) is 16.8. The van der Waals surface area contributed by atoms with Gasteiger partial charge in [0.25, 0.3) is 0 Å². The van der Waals surface area contributed by atoms with Crippen LogP contribution in [-0.2, 0) is 0 Å². The van der Waals surface area contributed by atoms with E-state index in [1.165, 1.54) is 38.5 Å². The van der Waals surface area contributed by atoms with Crippen molar-refractivity contribution in [1.82, 2.24) is 20.0 Å². The smallest absolute Gasteiger partial charge is 0.212 e. The van der Waals surface area contributed by atoms with Gasteiger partial charge in [-0.05, 0) is 19.3 Å². The highest BCUT2D eigenvalue weighted by molar-refractivity contribution is 4.55. The molecule has 1 fully saturated rings. The molecule has 180 valence electrons. The van der Waals surface area contributed by atoms with Gasteiger partial charge in [-0.1, -0.05) is 62.4 Å². The number of rotatable bonds is 9. The van der Waals surface area contributed by atoms with Crippen molar-refractivity contribution < 1.29 is 15.1 Å². The van der Waals surface area contributed by atoms with Crippen molar-refractivity contribution in [3.8, 4) is 0 Å². The third kappa shape index (κ3) is 13.0. The van der Waals surface area contributed by atoms with Gasteiger partial charge in [-0.25, -0.2) is 35.4 Å². The van der Waals surface area contributed by atoms with E-state index in [2.05, 4.69) is 19.1 Å². The molecule has 0 aromatic carbocycles. The van der Waals surface area contributed by atoms with Crippen LogP contribution in [0.3, 0.4) is 0 Å². The lowest BCUT2D eigenvalue weighted by atomic mass is 10.1. The van der Waals surface area contributed by atoms with Crippen LogP contribution in [0.5, 0.6) is 0 Å². The van der Waals surface area contributed by atoms with Gasteiger partial charge in [-0.3, -0.25) is 0 Å². The van der Waals surface area contributed by atoms with E-state index in [1.807, 2.05) is 0 Å². The van der Waals surface area contributed by atoms with E-state index in [0.29, 0.717) is 34.3 Å². The molecule has 0 bridgehead atoms. The molecule has 0 aromatic rings. The summed E-state index contributed by atoms with van der Waals surface area (Å²) in [5.74, 6) is 0. The molecule has 0 N–H and O–H groups in total. The van der Waals surface area contributed by atoms with Crippen LogP contribution in [0.4, 0.5) is 0 Å². The van der Waals surface area contributed by atoms with E-state index >= 15 is 0 Å². The molecule has 0 spiro atoms. The molecule has 0 atom stereocenters. The highest BCUT2D eigenvalue weighted by atomic mass is 16.7. The predicted octanol–water partition coefficient (Wildman–Crippen LogP) is 2.87. The Morgan fingerprint density at radius 3 is 1.58 bits per heavy atom. The topological polar surface area (TPSA) is 172 Å². The van der Waals surface area contributed by atoms with Crippen LogP contribution in [0.25, 0.3) is 0 Å². The Bertz CT molecular complexity index is 548. The summed E-state index contributed by atoms with van der Waals surface area (Å²) in [6, 6.07) is 0. The molecule has 1 aliphatic heterocycles. The molecule has 0 amide bonds. The molecule has 1 rings (SSSR count). The van der Waals surface area contributed by atoms with Gasteiger partial charge in [0, 0.05) is 6.54 Å². The number of nitrogens with zero attached hydrogens (tertiary/aromatic N) is 8. The summed E-state index contributed by atoms with van der Waals surface area (Å²) in [5.41, 5.74) is 0. The van der Waals surface area contributed by atoms with Gasteiger partial charge in [0.05, 0.1) is 11.8 Å². The summed E-state index contributed by atoms with van der Waals surface area (Å²) in [4.78, 5) is 43.6. The van der Waals surface area contributed by atoms with E-state index in [1.54, 1.807) is 0 Å². The Hall–Kier alpha value is -3.00. The van der Waals surface area contributed by atoms with Crippen molar-refractivity contribution in [3.63, 3.8) is 0 Å². The summed E-state index contributed by atoms with van der Waals surface area (Å²) in [6.07, 6.45) is 9.84. The summed E-state index contributed by atoms with van der Waals surface area (Å²) >= 11 is 0. The third-order valence-electron chi connectivity index (χ3n) is 4.58. The zero-order valence-corrected chi connectivity index (χ0v) is 18.3. The molecule has 31 heavy (non-hydrogen) atoms. The summed E-state index contributed by atoms with van der Waals surface area (Å²) < 4.78 is 0. The molecule has 0 saturated carbocycles. The molecule has 0 aliphatic carbocycles. The Kier molecular flexibility index (Phi) is 15.1. The molecular formula is C16H34N8O7. The fourth-order valence-corrected chi connectivity index (χ4v) is 2.82. The number of hydrazine groups is 3. The Labute approximate surface area is 181 Å². The van der Waals surface area contributed by atoms with E-state index in [-0.39, 0.29) is 13.1 Å². The average Bonchev–Trinajstić information content (AvgIpc) is 2.71. The first-order valence-corrected chi connectivity index (χ1v) is 10.5. The van der Waals surface area contributed by atoms with Gasteiger partial charge in [0.15, 0.2) is 21.8 Å². The van der Waals surface area contributed by atoms with Crippen molar-refractivity contribution in [2.24, 2.45) is 5.29 Å². The Morgan fingerprint density at radius 2 is 1.13 bits per heavy atom. The van der Waals surface area contributed by atoms with E-state index in [0.717, 1.165) is 5.01 Å². The molecule has 15 nitrogen and oxygen atoms in total. The summed E-state index contributed by atoms with van der Waals surface area (Å²) in [6.45, 7) is 2.46. The summed E-state index contributed by atoms with van der Waals surface area (Å²) in [7, 11) is 0. The van der Waals surface area contributed by atoms with Crippen molar-refractivity contribution in [2.75, 3.05) is 33.1 Å². The maximum Gasteiger partial charge on any atom is 0.212 e. The maximum atomic E-state index is 11.0. The molecule has 0 aromatic heterocycles. The number of hydrogen-bond acceptors (Lipinski definition) is 8. The zero-order valence-electron chi connectivity index (χ0n) is 18.3. The molecule has 1 aliphatic rings. The number of nitroso groups, excluding NO2 is 1. The normalized spacial score (nSPS) is 15.8. The van der Waals surface area contributed by atoms with Crippen LogP contribution in [0.1, 0.15) is 71.6 Å². The van der Waals surface area contributed by atoms with Gasteiger partial charge in [-0.2, -0.15) is 0 Å². The average molecular weight is 450 g/mol. The zero-order chi connectivity index (χ0) is 23.6. The van der Waals surface area contributed by atoms with Crippen LogP contribution in [-0.4, -0.2) is 68.2 Å². The van der Waals surface area contributed by atoms with Gasteiger partial charge in [0.1, 0.15) is 0 Å². The minimum absolute atomic E-state index is 0.0513. The van der Waals surface area contributed by atoms with Gasteiger partial charge < -0.3 is 0 Å². The summed E-state index contributed by atoms with van der Waals surface area (Å²) in [5, 5.41) is 35.1. The lowest BCUT2D eigenvalue weighted by molar-refractivity contribution is -0.738. The second-order valence-electron chi connectivity index (χ2n) is 7.17. The van der Waals surface area contributed by atoms with Crippen LogP contribution in [0.15, 0.2) is 5.29 Å². The highest BCUT2D eigenvalue weighted by Crippen LogP contribution is 2.08. The Morgan fingerprint density at radius 1 is 0.677 bits per heavy atom. The van der Waals surface area contributed by atoms with Gasteiger partial charge in [0.2, 0.25) is 13.3 Å². The maximum absolute atomic E-state index is 11.0. The van der Waals surface area contributed by atoms with Crippen LogP contribution < -0.4 is 0 Å². The predicted molar refractivity (Wildman–Crippen MR) is 111 cm³/mol. The van der Waals surface area contributed by atoms with Gasteiger partial charge in [-0.15, -0.1) is 9.92 Å². The molecule has 0 radical (unpaired) electrons. The number of unbranched alkanes of at least 4 members (excludes halogenated alkanes) is 5. The quantitative estimate of drug-likeness (QED) is 0.219. The Balaban J connectivity index is 0.000000954. The van der Waals surface area contributed by atoms with Crippen LogP contribution in [0.2, 0.25) is 0 Å². The largest absolute Gasteiger partial charge is 0.235 e. The van der Waals surface area contributed by atoms with Crippen molar-refractivity contribution >= 4 is 0 Å². The second-order valence-corrected chi connectivity index (χ2v) is 7.17. The molecule has 0 unspecified atom stereocenters. The van der Waals surface area contributed by atoms with E-state index < -0.39 is 35.1 Å². The minimum Gasteiger partial charge on any atom is -0.235 e. The van der Waals surface area contributed by atoms with Crippen LogP contribution >= 0.6 is 0 Å². The minimum atomic E-state index is -0.961. The SMILES string of the molecule is CCCCCCCC.O=NN1CCCCCN([N+](=O)[O-])CN([N+](=O)[O-])CN([N+](=O)[O-])C1. The van der Waals surface area contributed by atoms with Gasteiger partial charge >= 0.3 is 0 Å². The fraction of sp³-hybridized carbons (Fsp3) is 1.00. The first kappa shape index (κ1) is 28.0. The standard InChI is InChI=1S/C8H16N8O7.C8H18/c17-9-10-4-2-1-3-5-11(14(18)19)7-13(16(22)23)8-12(6-10)15(20)21;1-3-5-7-8-6-4-2/h1-8H2;3-8H2,1-2H3. The van der Waals surface area contributed by atoms with Crippen molar-refractivity contribution in [3.05, 3.63) is 35.3 Å². The lowest BCUT2D eigenvalue weighted by Crippen LogP contribution is -2.52. The number of hydrogen-bond donors (Lipinski definition) is 0. The lowest BCUT2D eigenvalue weighted by Gasteiger charge is -2.25. The molecule has 15 heteroatoms. The third-order valence-corrected chi connectivity index (χ3v) is 4.58. The molecule has 1 heterocycles.